The summed E-state index contributed by atoms with van der Waals surface area (Å²) < 4.78 is 5.24. The van der Waals surface area contributed by atoms with Crippen molar-refractivity contribution in [2.75, 3.05) is 26.3 Å². The summed E-state index contributed by atoms with van der Waals surface area (Å²) in [6.45, 7) is 2.50. The minimum absolute atomic E-state index is 0.234. The van der Waals surface area contributed by atoms with Crippen molar-refractivity contribution in [2.24, 2.45) is 5.73 Å². The number of ether oxygens (including phenoxy) is 1. The molecule has 7 nitrogen and oxygen atoms in total. The number of rotatable bonds is 10. The Labute approximate surface area is 136 Å². The summed E-state index contributed by atoms with van der Waals surface area (Å²) >= 11 is 5.20. The van der Waals surface area contributed by atoms with E-state index in [9.17, 15) is 9.90 Å². The molecule has 1 atom stereocenters. The van der Waals surface area contributed by atoms with Gasteiger partial charge in [0.05, 0.1) is 13.2 Å². The monoisotopic (exact) mass is 332 g/mol. The highest BCUT2D eigenvalue weighted by atomic mass is 32.1. The molecule has 0 radical (unpaired) electrons. The lowest BCUT2D eigenvalue weighted by Crippen LogP contribution is -2.49. The number of hydrogen-bond acceptors (Lipinski definition) is 6. The average molecular weight is 332 g/mol. The number of carboxylic acids is 1. The molecule has 0 bridgehead atoms. The van der Waals surface area contributed by atoms with Crippen LogP contribution in [0.1, 0.15) is 32.1 Å². The van der Waals surface area contributed by atoms with Gasteiger partial charge in [-0.05, 0) is 25.6 Å². The highest BCUT2D eigenvalue weighted by Crippen LogP contribution is 2.20. The quantitative estimate of drug-likeness (QED) is 0.248. The number of nitrogens with two attached hydrogens (primary N) is 1. The van der Waals surface area contributed by atoms with Crippen molar-refractivity contribution in [1.82, 2.24) is 4.90 Å². The first-order valence-electron chi connectivity index (χ1n) is 7.59. The second kappa shape index (κ2) is 9.41. The molecule has 0 aliphatic carbocycles. The van der Waals surface area contributed by atoms with Gasteiger partial charge in [-0.15, -0.1) is 0 Å². The summed E-state index contributed by atoms with van der Waals surface area (Å²) in [5, 5.41) is 26.9. The van der Waals surface area contributed by atoms with Crippen molar-refractivity contribution in [3.05, 3.63) is 0 Å². The Bertz CT molecular complexity index is 385. The third-order valence-electron chi connectivity index (χ3n) is 3.90. The Morgan fingerprint density at radius 1 is 1.36 bits per heavy atom. The molecule has 1 saturated heterocycles. The van der Waals surface area contributed by atoms with E-state index in [-0.39, 0.29) is 6.32 Å². The molecular formula is C13H25BN2O5S. The van der Waals surface area contributed by atoms with Gasteiger partial charge in [0.25, 0.3) is 0 Å². The maximum atomic E-state index is 11.4. The third kappa shape index (κ3) is 6.57. The van der Waals surface area contributed by atoms with Gasteiger partial charge >= 0.3 is 13.1 Å². The summed E-state index contributed by atoms with van der Waals surface area (Å²) in [7, 11) is -1.35. The number of carbonyl (C=O) groups is 1. The van der Waals surface area contributed by atoms with E-state index in [4.69, 9.17) is 32.7 Å². The molecule has 0 spiro atoms. The lowest BCUT2D eigenvalue weighted by molar-refractivity contribution is -0.144. The number of carboxylic acid groups (broad SMARTS) is 1. The Balaban J connectivity index is 2.35. The fraction of sp³-hybridized carbons (Fsp3) is 0.846. The lowest BCUT2D eigenvalue weighted by Gasteiger charge is -2.31. The van der Waals surface area contributed by atoms with Crippen LogP contribution in [0.2, 0.25) is 6.32 Å². The molecule has 22 heavy (non-hydrogen) atoms. The van der Waals surface area contributed by atoms with Crippen LogP contribution in [0.3, 0.4) is 0 Å². The number of morpholine rings is 1. The van der Waals surface area contributed by atoms with Crippen LogP contribution in [0.5, 0.6) is 0 Å². The molecule has 0 amide bonds. The molecule has 9 heteroatoms. The van der Waals surface area contributed by atoms with Gasteiger partial charge in [0.15, 0.2) is 0 Å². The van der Waals surface area contributed by atoms with Gasteiger partial charge in [-0.1, -0.05) is 25.1 Å². The van der Waals surface area contributed by atoms with Gasteiger partial charge in [-0.3, -0.25) is 4.79 Å². The first kappa shape index (κ1) is 19.3. The van der Waals surface area contributed by atoms with Crippen LogP contribution < -0.4 is 5.73 Å². The van der Waals surface area contributed by atoms with Crippen LogP contribution in [0.15, 0.2) is 0 Å². The van der Waals surface area contributed by atoms with Crippen molar-refractivity contribution in [3.8, 4) is 0 Å². The Morgan fingerprint density at radius 3 is 2.64 bits per heavy atom. The second-order valence-electron chi connectivity index (χ2n) is 5.72. The van der Waals surface area contributed by atoms with E-state index in [1.54, 1.807) is 0 Å². The number of nitrogens with zero attached hydrogens (tertiary/aromatic N) is 1. The summed E-state index contributed by atoms with van der Waals surface area (Å²) in [4.78, 5) is 14.2. The molecule has 0 aromatic heterocycles. The predicted octanol–water partition coefficient (Wildman–Crippen LogP) is -0.149. The van der Waals surface area contributed by atoms with E-state index in [2.05, 4.69) is 0 Å². The zero-order valence-corrected chi connectivity index (χ0v) is 13.6. The zero-order chi connectivity index (χ0) is 16.6. The fourth-order valence-electron chi connectivity index (χ4n) is 2.48. The van der Waals surface area contributed by atoms with Crippen molar-refractivity contribution < 1.29 is 24.7 Å². The van der Waals surface area contributed by atoms with E-state index >= 15 is 0 Å². The molecule has 1 aliphatic heterocycles. The van der Waals surface area contributed by atoms with Crippen LogP contribution in [-0.2, 0) is 9.53 Å². The molecule has 1 aliphatic rings. The smallest absolute Gasteiger partial charge is 0.451 e. The van der Waals surface area contributed by atoms with Crippen LogP contribution in [0.25, 0.3) is 0 Å². The van der Waals surface area contributed by atoms with Crippen molar-refractivity contribution in [3.63, 3.8) is 0 Å². The number of hydrogen-bond donors (Lipinski definition) is 4. The summed E-state index contributed by atoms with van der Waals surface area (Å²) in [5.74, 6) is -1.01. The van der Waals surface area contributed by atoms with Gasteiger partial charge in [0.1, 0.15) is 10.5 Å². The Kier molecular flexibility index (Phi) is 8.26. The van der Waals surface area contributed by atoms with Gasteiger partial charge in [-0.2, -0.15) is 0 Å². The highest BCUT2D eigenvalue weighted by molar-refractivity contribution is 7.80. The zero-order valence-electron chi connectivity index (χ0n) is 12.7. The van der Waals surface area contributed by atoms with Crippen molar-refractivity contribution >= 4 is 30.3 Å². The first-order valence-corrected chi connectivity index (χ1v) is 8.00. The highest BCUT2D eigenvalue weighted by Gasteiger charge is 2.33. The van der Waals surface area contributed by atoms with Crippen LogP contribution in [-0.4, -0.2) is 70.0 Å². The summed E-state index contributed by atoms with van der Waals surface area (Å²) in [5.41, 5.74) is 4.74. The first-order chi connectivity index (χ1) is 10.3. The Morgan fingerprint density at radius 2 is 2.05 bits per heavy atom. The SMILES string of the molecule is NC(CCCCB(O)O)(CCCN1CCOCC1=S)C(=O)O. The van der Waals surface area contributed by atoms with Crippen LogP contribution in [0.4, 0.5) is 0 Å². The lowest BCUT2D eigenvalue weighted by atomic mass is 9.81. The average Bonchev–Trinajstić information content (AvgIpc) is 2.45. The van der Waals surface area contributed by atoms with Crippen LogP contribution in [0, 0.1) is 0 Å². The van der Waals surface area contributed by atoms with Crippen molar-refractivity contribution in [1.29, 1.82) is 0 Å². The predicted molar refractivity (Wildman–Crippen MR) is 87.6 cm³/mol. The fourth-order valence-corrected chi connectivity index (χ4v) is 2.74. The van der Waals surface area contributed by atoms with Crippen molar-refractivity contribution in [2.45, 2.75) is 44.0 Å². The molecular weight excluding hydrogens is 307 g/mol. The molecule has 1 fully saturated rings. The molecule has 1 unspecified atom stereocenters. The molecule has 126 valence electrons. The van der Waals surface area contributed by atoms with Crippen LogP contribution >= 0.6 is 12.2 Å². The van der Waals surface area contributed by atoms with Gasteiger partial charge < -0.3 is 30.5 Å². The summed E-state index contributed by atoms with van der Waals surface area (Å²) in [6, 6.07) is 0. The Hall–Kier alpha value is -0.735. The molecule has 0 aromatic carbocycles. The third-order valence-corrected chi connectivity index (χ3v) is 4.27. The minimum atomic E-state index is -1.35. The standard InChI is InChI=1S/C13H25BN2O5S/c15-13(12(17)18,4-1-2-6-14(19)20)5-3-7-16-8-9-21-10-11(16)22/h19-20H,1-10,15H2,(H,17,18). The molecule has 0 saturated carbocycles. The largest absolute Gasteiger partial charge is 0.480 e. The van der Waals surface area contributed by atoms with Gasteiger partial charge in [0, 0.05) is 13.1 Å². The molecule has 1 rings (SSSR count). The second-order valence-corrected chi connectivity index (χ2v) is 6.20. The molecule has 1 heterocycles. The molecule has 0 aromatic rings. The topological polar surface area (TPSA) is 116 Å². The van der Waals surface area contributed by atoms with E-state index in [0.29, 0.717) is 51.9 Å². The van der Waals surface area contributed by atoms with Gasteiger partial charge in [-0.25, -0.2) is 0 Å². The number of aliphatic carboxylic acids is 1. The van der Waals surface area contributed by atoms with E-state index in [0.717, 1.165) is 11.5 Å². The molecule has 5 N–H and O–H groups in total. The summed E-state index contributed by atoms with van der Waals surface area (Å²) in [6.07, 6.45) is 2.66. The van der Waals surface area contributed by atoms with E-state index in [1.165, 1.54) is 0 Å². The van der Waals surface area contributed by atoms with E-state index in [1.807, 2.05) is 4.90 Å². The maximum Gasteiger partial charge on any atom is 0.451 e. The maximum absolute atomic E-state index is 11.4. The van der Waals surface area contributed by atoms with Gasteiger partial charge in [0.2, 0.25) is 0 Å². The number of thiocarbonyl (C=S) groups is 1. The number of unbranched alkanes of at least 4 members (excludes halogenated alkanes) is 1. The normalized spacial score (nSPS) is 18.1. The minimum Gasteiger partial charge on any atom is -0.480 e. The van der Waals surface area contributed by atoms with E-state index < -0.39 is 18.6 Å².